The number of halogens is 2. The molecular weight excluding hydrogens is 295 g/mol. The molecule has 0 radical (unpaired) electrons. The first-order chi connectivity index (χ1) is 10.1. The first kappa shape index (κ1) is 16.2. The molecule has 1 fully saturated rings. The van der Waals surface area contributed by atoms with E-state index < -0.39 is 5.82 Å². The summed E-state index contributed by atoms with van der Waals surface area (Å²) in [6, 6.07) is 3.93. The van der Waals surface area contributed by atoms with Crippen molar-refractivity contribution in [3.05, 3.63) is 29.0 Å². The Morgan fingerprint density at radius 1 is 1.57 bits per heavy atom. The van der Waals surface area contributed by atoms with E-state index in [1.165, 1.54) is 18.2 Å². The van der Waals surface area contributed by atoms with E-state index >= 15 is 0 Å². The Labute approximate surface area is 129 Å². The maximum Gasteiger partial charge on any atom is 0.238 e. The van der Waals surface area contributed by atoms with Gasteiger partial charge >= 0.3 is 0 Å². The molecule has 1 aromatic carbocycles. The molecule has 21 heavy (non-hydrogen) atoms. The molecule has 0 unspecified atom stereocenters. The number of rotatable bonds is 6. The maximum absolute atomic E-state index is 13.0. The number of likely N-dealkylation sites (N-methyl/N-ethyl adjacent to an activating group) is 1. The van der Waals surface area contributed by atoms with E-state index in [0.29, 0.717) is 18.2 Å². The van der Waals surface area contributed by atoms with Gasteiger partial charge in [0.1, 0.15) is 5.82 Å². The number of hydrogen-bond acceptors (Lipinski definition) is 3. The van der Waals surface area contributed by atoms with Crippen molar-refractivity contribution in [2.75, 3.05) is 38.2 Å². The lowest BCUT2D eigenvalue weighted by molar-refractivity contribution is -0.117. The van der Waals surface area contributed by atoms with Gasteiger partial charge in [-0.05, 0) is 37.1 Å². The maximum atomic E-state index is 13.0. The molecule has 1 aliphatic heterocycles. The van der Waals surface area contributed by atoms with Gasteiger partial charge in [0, 0.05) is 13.2 Å². The second-order valence-electron chi connectivity index (χ2n) is 5.23. The highest BCUT2D eigenvalue weighted by Crippen LogP contribution is 2.22. The predicted octanol–water partition coefficient (Wildman–Crippen LogP) is 2.78. The number of carbonyl (C=O) groups is 1. The lowest BCUT2D eigenvalue weighted by Gasteiger charge is -2.22. The highest BCUT2D eigenvalue weighted by molar-refractivity contribution is 6.33. The lowest BCUT2D eigenvalue weighted by Crippen LogP contribution is -2.36. The van der Waals surface area contributed by atoms with Crippen LogP contribution in [-0.2, 0) is 9.53 Å². The highest BCUT2D eigenvalue weighted by Gasteiger charge is 2.20. The zero-order chi connectivity index (χ0) is 15.2. The predicted molar refractivity (Wildman–Crippen MR) is 81.1 cm³/mol. The van der Waals surface area contributed by atoms with Gasteiger partial charge in [-0.15, -0.1) is 0 Å². The fourth-order valence-corrected chi connectivity index (χ4v) is 2.60. The summed E-state index contributed by atoms with van der Waals surface area (Å²) in [5.41, 5.74) is 0.434. The number of anilines is 1. The number of hydrogen-bond donors (Lipinski definition) is 1. The standard InChI is InChI=1S/C15H20ClFN2O2/c1-2-19(8-11-5-6-21-10-11)9-15(20)18-14-4-3-12(17)7-13(14)16/h3-4,7,11H,2,5-6,8-10H2,1H3,(H,18,20)/t11-/m1/s1. The molecule has 1 aliphatic rings. The van der Waals surface area contributed by atoms with Gasteiger partial charge in [-0.2, -0.15) is 0 Å². The normalized spacial score (nSPS) is 18.2. The van der Waals surface area contributed by atoms with Crippen molar-refractivity contribution in [1.82, 2.24) is 4.90 Å². The second kappa shape index (κ2) is 7.73. The van der Waals surface area contributed by atoms with Gasteiger partial charge in [0.15, 0.2) is 0 Å². The molecular formula is C15H20ClFN2O2. The molecule has 0 spiro atoms. The van der Waals surface area contributed by atoms with Crippen LogP contribution in [0.25, 0.3) is 0 Å². The van der Waals surface area contributed by atoms with Crippen molar-refractivity contribution in [2.45, 2.75) is 13.3 Å². The molecule has 1 heterocycles. The third-order valence-corrected chi connectivity index (χ3v) is 3.87. The molecule has 1 atom stereocenters. The molecule has 0 bridgehead atoms. The largest absolute Gasteiger partial charge is 0.381 e. The van der Waals surface area contributed by atoms with E-state index in [1.54, 1.807) is 0 Å². The Hall–Kier alpha value is -1.17. The summed E-state index contributed by atoms with van der Waals surface area (Å²) in [5.74, 6) is -0.0779. The van der Waals surface area contributed by atoms with Crippen LogP contribution in [0.5, 0.6) is 0 Å². The summed E-state index contributed by atoms with van der Waals surface area (Å²) in [6.45, 7) is 5.53. The molecule has 1 amide bonds. The molecule has 1 saturated heterocycles. The fourth-order valence-electron chi connectivity index (χ4n) is 2.38. The van der Waals surface area contributed by atoms with Crippen molar-refractivity contribution < 1.29 is 13.9 Å². The molecule has 4 nitrogen and oxygen atoms in total. The van der Waals surface area contributed by atoms with Gasteiger partial charge in [0.05, 0.1) is 23.9 Å². The Kier molecular flexibility index (Phi) is 5.96. The molecule has 0 saturated carbocycles. The number of nitrogens with one attached hydrogen (secondary N) is 1. The van der Waals surface area contributed by atoms with E-state index in [1.807, 2.05) is 6.92 Å². The summed E-state index contributed by atoms with van der Waals surface area (Å²) in [7, 11) is 0. The van der Waals surface area contributed by atoms with Crippen LogP contribution < -0.4 is 5.32 Å². The fraction of sp³-hybridized carbons (Fsp3) is 0.533. The van der Waals surface area contributed by atoms with Gasteiger partial charge in [-0.1, -0.05) is 18.5 Å². The van der Waals surface area contributed by atoms with Crippen molar-refractivity contribution in [1.29, 1.82) is 0 Å². The van der Waals surface area contributed by atoms with Gasteiger partial charge in [-0.25, -0.2) is 4.39 Å². The average Bonchev–Trinajstić information content (AvgIpc) is 2.94. The molecule has 116 valence electrons. The third-order valence-electron chi connectivity index (χ3n) is 3.56. The van der Waals surface area contributed by atoms with E-state index in [2.05, 4.69) is 10.2 Å². The first-order valence-corrected chi connectivity index (χ1v) is 7.51. The van der Waals surface area contributed by atoms with Crippen molar-refractivity contribution >= 4 is 23.2 Å². The van der Waals surface area contributed by atoms with Crippen LogP contribution >= 0.6 is 11.6 Å². The molecule has 2 rings (SSSR count). The van der Waals surface area contributed by atoms with Crippen LogP contribution in [0.3, 0.4) is 0 Å². The van der Waals surface area contributed by atoms with Crippen LogP contribution in [0.1, 0.15) is 13.3 Å². The van der Waals surface area contributed by atoms with E-state index in [9.17, 15) is 9.18 Å². The SMILES string of the molecule is CCN(CC(=O)Nc1ccc(F)cc1Cl)C[C@H]1CCOC1. The number of ether oxygens (including phenoxy) is 1. The molecule has 0 aromatic heterocycles. The van der Waals surface area contributed by atoms with E-state index in [-0.39, 0.29) is 10.9 Å². The zero-order valence-electron chi connectivity index (χ0n) is 12.1. The Bertz CT molecular complexity index is 493. The topological polar surface area (TPSA) is 41.6 Å². The second-order valence-corrected chi connectivity index (χ2v) is 5.64. The Balaban J connectivity index is 1.86. The van der Waals surface area contributed by atoms with Gasteiger partial charge in [-0.3, -0.25) is 9.69 Å². The smallest absolute Gasteiger partial charge is 0.238 e. The van der Waals surface area contributed by atoms with Gasteiger partial charge in [0.2, 0.25) is 5.91 Å². The zero-order valence-corrected chi connectivity index (χ0v) is 12.8. The number of amides is 1. The van der Waals surface area contributed by atoms with E-state index in [4.69, 9.17) is 16.3 Å². The summed E-state index contributed by atoms with van der Waals surface area (Å²) in [4.78, 5) is 14.1. The van der Waals surface area contributed by atoms with Crippen molar-refractivity contribution in [3.63, 3.8) is 0 Å². The minimum absolute atomic E-state index is 0.149. The summed E-state index contributed by atoms with van der Waals surface area (Å²) >= 11 is 5.90. The monoisotopic (exact) mass is 314 g/mol. The van der Waals surface area contributed by atoms with Crippen LogP contribution in [0, 0.1) is 11.7 Å². The van der Waals surface area contributed by atoms with Crippen LogP contribution in [0.15, 0.2) is 18.2 Å². The quantitative estimate of drug-likeness (QED) is 0.878. The molecule has 6 heteroatoms. The van der Waals surface area contributed by atoms with Gasteiger partial charge in [0.25, 0.3) is 0 Å². The Morgan fingerprint density at radius 3 is 3.00 bits per heavy atom. The number of nitrogens with zero attached hydrogens (tertiary/aromatic N) is 1. The van der Waals surface area contributed by atoms with Crippen LogP contribution in [0.2, 0.25) is 5.02 Å². The third kappa shape index (κ3) is 4.95. The first-order valence-electron chi connectivity index (χ1n) is 7.13. The molecule has 0 aliphatic carbocycles. The summed E-state index contributed by atoms with van der Waals surface area (Å²) in [5, 5.41) is 2.92. The van der Waals surface area contributed by atoms with Crippen LogP contribution in [0.4, 0.5) is 10.1 Å². The van der Waals surface area contributed by atoms with Crippen LogP contribution in [-0.4, -0.2) is 43.7 Å². The number of carbonyl (C=O) groups excluding carboxylic acids is 1. The minimum atomic E-state index is -0.422. The van der Waals surface area contributed by atoms with E-state index in [0.717, 1.165) is 32.7 Å². The van der Waals surface area contributed by atoms with Crippen molar-refractivity contribution in [2.24, 2.45) is 5.92 Å². The molecule has 1 aromatic rings. The minimum Gasteiger partial charge on any atom is -0.381 e. The van der Waals surface area contributed by atoms with Gasteiger partial charge < -0.3 is 10.1 Å². The molecule has 1 N–H and O–H groups in total. The van der Waals surface area contributed by atoms with Crippen molar-refractivity contribution in [3.8, 4) is 0 Å². The number of benzene rings is 1. The average molecular weight is 315 g/mol. The Morgan fingerprint density at radius 2 is 2.38 bits per heavy atom. The highest BCUT2D eigenvalue weighted by atomic mass is 35.5. The summed E-state index contributed by atoms with van der Waals surface area (Å²) in [6.07, 6.45) is 1.04. The summed E-state index contributed by atoms with van der Waals surface area (Å²) < 4.78 is 18.3. The lowest BCUT2D eigenvalue weighted by atomic mass is 10.1.